The molecule has 0 aliphatic rings. The minimum Gasteiger partial charge on any atom is -0.348 e. The van der Waals surface area contributed by atoms with Crippen LogP contribution < -0.4 is 5.32 Å². The van der Waals surface area contributed by atoms with Crippen LogP contribution >= 0.6 is 0 Å². The number of benzene rings is 1. The number of aromatic nitrogens is 7. The van der Waals surface area contributed by atoms with Gasteiger partial charge in [0.2, 0.25) is 5.95 Å². The van der Waals surface area contributed by atoms with E-state index in [1.165, 1.54) is 6.33 Å². The number of hydrogen-bond acceptors (Lipinski definition) is 6. The molecule has 0 unspecified atom stereocenters. The first-order valence-electron chi connectivity index (χ1n) is 9.08. The van der Waals surface area contributed by atoms with E-state index in [1.807, 2.05) is 43.8 Å². The predicted octanol–water partition coefficient (Wildman–Crippen LogP) is 3.25. The maximum Gasteiger partial charge on any atom is 0.223 e. The van der Waals surface area contributed by atoms with E-state index < -0.39 is 0 Å². The molecule has 0 radical (unpaired) electrons. The van der Waals surface area contributed by atoms with E-state index in [-0.39, 0.29) is 6.04 Å². The van der Waals surface area contributed by atoms with Crippen LogP contribution in [-0.4, -0.2) is 34.5 Å². The topological polar surface area (TPSA) is 86.3 Å². The van der Waals surface area contributed by atoms with Gasteiger partial charge in [-0.15, -0.1) is 0 Å². The number of rotatable bonds is 5. The Morgan fingerprint density at radius 3 is 2.50 bits per heavy atom. The van der Waals surface area contributed by atoms with E-state index in [4.69, 9.17) is 4.98 Å². The normalized spacial score (nSPS) is 12.1. The predicted molar refractivity (Wildman–Crippen MR) is 107 cm³/mol. The summed E-state index contributed by atoms with van der Waals surface area (Å²) >= 11 is 0. The van der Waals surface area contributed by atoms with Gasteiger partial charge in [0.1, 0.15) is 12.7 Å². The summed E-state index contributed by atoms with van der Waals surface area (Å²) < 4.78 is 3.60. The van der Waals surface area contributed by atoms with E-state index in [9.17, 15) is 0 Å². The molecule has 4 rings (SSSR count). The number of aryl methyl sites for hydroxylation is 2. The van der Waals surface area contributed by atoms with Gasteiger partial charge in [-0.2, -0.15) is 10.2 Å². The fourth-order valence-corrected chi connectivity index (χ4v) is 3.25. The summed E-state index contributed by atoms with van der Waals surface area (Å²) in [5.41, 5.74) is 6.06. The van der Waals surface area contributed by atoms with Crippen molar-refractivity contribution in [2.45, 2.75) is 26.8 Å². The van der Waals surface area contributed by atoms with Gasteiger partial charge in [0.05, 0.1) is 23.1 Å². The van der Waals surface area contributed by atoms with Crippen molar-refractivity contribution in [3.05, 3.63) is 66.1 Å². The Balaban J connectivity index is 1.54. The molecule has 8 heteroatoms. The summed E-state index contributed by atoms with van der Waals surface area (Å²) in [5, 5.41) is 12.0. The van der Waals surface area contributed by atoms with Crippen molar-refractivity contribution >= 4 is 5.95 Å². The molecule has 0 fully saturated rings. The van der Waals surface area contributed by atoms with E-state index >= 15 is 0 Å². The third-order valence-electron chi connectivity index (χ3n) is 4.84. The highest BCUT2D eigenvalue weighted by atomic mass is 15.3. The smallest absolute Gasteiger partial charge is 0.223 e. The highest BCUT2D eigenvalue weighted by molar-refractivity contribution is 5.65. The molecule has 4 aromatic rings. The van der Waals surface area contributed by atoms with Crippen molar-refractivity contribution < 1.29 is 0 Å². The highest BCUT2D eigenvalue weighted by Crippen LogP contribution is 2.26. The lowest BCUT2D eigenvalue weighted by molar-refractivity contribution is 0.731. The van der Waals surface area contributed by atoms with Crippen molar-refractivity contribution in [1.82, 2.24) is 34.5 Å². The zero-order valence-electron chi connectivity index (χ0n) is 16.3. The molecule has 8 nitrogen and oxygen atoms in total. The summed E-state index contributed by atoms with van der Waals surface area (Å²) in [4.78, 5) is 13.1. The van der Waals surface area contributed by atoms with Crippen molar-refractivity contribution in [2.75, 3.05) is 5.32 Å². The molecule has 0 spiro atoms. The fraction of sp³-hybridized carbons (Fsp3) is 0.250. The second-order valence-electron chi connectivity index (χ2n) is 6.73. The molecule has 0 aliphatic heterocycles. The molecule has 0 saturated heterocycles. The Bertz CT molecular complexity index is 1080. The van der Waals surface area contributed by atoms with Crippen LogP contribution in [-0.2, 0) is 7.05 Å². The summed E-state index contributed by atoms with van der Waals surface area (Å²) in [6.45, 7) is 6.13. The minimum atomic E-state index is 0.0520. The summed E-state index contributed by atoms with van der Waals surface area (Å²) in [6, 6.07) is 10.1. The molecule has 28 heavy (non-hydrogen) atoms. The molecule has 142 valence electrons. The highest BCUT2D eigenvalue weighted by Gasteiger charge is 2.14. The fourth-order valence-electron chi connectivity index (χ4n) is 3.25. The third-order valence-corrected chi connectivity index (χ3v) is 4.84. The van der Waals surface area contributed by atoms with Gasteiger partial charge in [0.25, 0.3) is 0 Å². The molecule has 0 amide bonds. The summed E-state index contributed by atoms with van der Waals surface area (Å²) in [6.07, 6.45) is 4.98. The van der Waals surface area contributed by atoms with Crippen LogP contribution in [0.4, 0.5) is 5.95 Å². The molecule has 1 N–H and O–H groups in total. The molecule has 0 bridgehead atoms. The van der Waals surface area contributed by atoms with Gasteiger partial charge in [0, 0.05) is 24.5 Å². The zero-order valence-corrected chi connectivity index (χ0v) is 16.3. The monoisotopic (exact) mass is 374 g/mol. The summed E-state index contributed by atoms with van der Waals surface area (Å²) in [5.74, 6) is 0.591. The number of nitrogens with zero attached hydrogens (tertiary/aromatic N) is 7. The zero-order chi connectivity index (χ0) is 19.7. The first-order valence-corrected chi connectivity index (χ1v) is 9.08. The van der Waals surface area contributed by atoms with Crippen LogP contribution in [0.25, 0.3) is 16.9 Å². The molecule has 3 aromatic heterocycles. The van der Waals surface area contributed by atoms with Crippen molar-refractivity contribution in [3.8, 4) is 16.9 Å². The Kier molecular flexibility index (Phi) is 4.60. The molecular weight excluding hydrogens is 352 g/mol. The quantitative estimate of drug-likeness (QED) is 0.577. The Hall–Kier alpha value is -3.55. The van der Waals surface area contributed by atoms with Crippen LogP contribution in [0.3, 0.4) is 0 Å². The summed E-state index contributed by atoms with van der Waals surface area (Å²) in [7, 11) is 1.94. The van der Waals surface area contributed by atoms with Crippen molar-refractivity contribution in [1.29, 1.82) is 0 Å². The maximum atomic E-state index is 4.70. The first kappa shape index (κ1) is 17.8. The third kappa shape index (κ3) is 3.36. The van der Waals surface area contributed by atoms with Crippen molar-refractivity contribution in [3.63, 3.8) is 0 Å². The van der Waals surface area contributed by atoms with Gasteiger partial charge in [-0.25, -0.2) is 19.6 Å². The number of nitrogens with one attached hydrogen (secondary N) is 1. The minimum absolute atomic E-state index is 0.0520. The lowest BCUT2D eigenvalue weighted by Crippen LogP contribution is -2.10. The Labute approximate surface area is 163 Å². The molecule has 0 aliphatic carbocycles. The van der Waals surface area contributed by atoms with Gasteiger partial charge in [-0.1, -0.05) is 12.1 Å². The van der Waals surface area contributed by atoms with Crippen LogP contribution in [0.5, 0.6) is 0 Å². The van der Waals surface area contributed by atoms with Crippen molar-refractivity contribution in [2.24, 2.45) is 7.05 Å². The Morgan fingerprint density at radius 2 is 1.86 bits per heavy atom. The van der Waals surface area contributed by atoms with E-state index in [1.54, 1.807) is 17.2 Å². The first-order chi connectivity index (χ1) is 13.5. The maximum absolute atomic E-state index is 4.70. The average Bonchev–Trinajstić information content (AvgIpc) is 3.31. The second kappa shape index (κ2) is 7.22. The number of anilines is 1. The van der Waals surface area contributed by atoms with E-state index in [0.29, 0.717) is 5.95 Å². The van der Waals surface area contributed by atoms with Crippen LogP contribution in [0.1, 0.15) is 29.9 Å². The SMILES string of the molecule is Cc1nn(C)c(C)c1-c1ccnc(N[C@H](C)c2ccc(-n3cncn3)cc2)n1. The molecule has 1 aromatic carbocycles. The molecule has 3 heterocycles. The second-order valence-corrected chi connectivity index (χ2v) is 6.73. The van der Waals surface area contributed by atoms with Gasteiger partial charge in [0.15, 0.2) is 0 Å². The van der Waals surface area contributed by atoms with Gasteiger partial charge >= 0.3 is 0 Å². The number of hydrogen-bond donors (Lipinski definition) is 1. The van der Waals surface area contributed by atoms with Gasteiger partial charge < -0.3 is 5.32 Å². The standard InChI is InChI=1S/C20H22N8/c1-13(16-5-7-17(8-6-16)28-12-21-11-23-28)24-20-22-10-9-18(25-20)19-14(2)26-27(4)15(19)3/h5-13H,1-4H3,(H,22,24,25)/t13-/m1/s1. The van der Waals surface area contributed by atoms with Gasteiger partial charge in [-0.3, -0.25) is 4.68 Å². The van der Waals surface area contributed by atoms with Crippen LogP contribution in [0.2, 0.25) is 0 Å². The largest absolute Gasteiger partial charge is 0.348 e. The van der Waals surface area contributed by atoms with Gasteiger partial charge in [-0.05, 0) is 44.5 Å². The molecule has 0 saturated carbocycles. The molecular formula is C20H22N8. The average molecular weight is 374 g/mol. The Morgan fingerprint density at radius 1 is 1.07 bits per heavy atom. The lowest BCUT2D eigenvalue weighted by Gasteiger charge is -2.15. The molecule has 1 atom stereocenters. The van der Waals surface area contributed by atoms with Crippen LogP contribution in [0.15, 0.2) is 49.2 Å². The lowest BCUT2D eigenvalue weighted by atomic mass is 10.1. The van der Waals surface area contributed by atoms with Crippen LogP contribution in [0, 0.1) is 13.8 Å². The van der Waals surface area contributed by atoms with E-state index in [2.05, 4.69) is 44.5 Å². The van der Waals surface area contributed by atoms with E-state index in [0.717, 1.165) is 33.9 Å².